The molecule has 0 radical (unpaired) electrons. The predicted molar refractivity (Wildman–Crippen MR) is 83.5 cm³/mol. The second-order valence-corrected chi connectivity index (χ2v) is 7.67. The van der Waals surface area contributed by atoms with E-state index >= 15 is 0 Å². The van der Waals surface area contributed by atoms with Crippen molar-refractivity contribution in [2.24, 2.45) is 0 Å². The minimum atomic E-state index is 0.724. The van der Waals surface area contributed by atoms with Crippen molar-refractivity contribution in [1.82, 2.24) is 0 Å². The van der Waals surface area contributed by atoms with Crippen LogP contribution in [0.3, 0.4) is 0 Å². The first-order valence-corrected chi connectivity index (χ1v) is 8.31. The molecule has 1 atom stereocenters. The molecule has 0 bridgehead atoms. The van der Waals surface area contributed by atoms with Crippen molar-refractivity contribution in [2.45, 2.75) is 53.6 Å². The van der Waals surface area contributed by atoms with E-state index in [1.807, 2.05) is 11.8 Å². The summed E-state index contributed by atoms with van der Waals surface area (Å²) in [5, 5.41) is 0. The van der Waals surface area contributed by atoms with Gasteiger partial charge in [0, 0.05) is 4.90 Å². The van der Waals surface area contributed by atoms with E-state index in [1.54, 1.807) is 0 Å². The highest BCUT2D eigenvalue weighted by Gasteiger charge is 2.05. The lowest BCUT2D eigenvalue weighted by Gasteiger charge is -2.09. The highest BCUT2D eigenvalue weighted by atomic mass is 127. The molecule has 0 saturated heterocycles. The summed E-state index contributed by atoms with van der Waals surface area (Å²) < 4.78 is 0.724. The number of thioether (sulfide) groups is 1. The number of halogens is 1. The van der Waals surface area contributed by atoms with E-state index in [1.165, 1.54) is 43.4 Å². The molecule has 1 aromatic rings. The molecule has 0 saturated carbocycles. The molecule has 0 spiro atoms. The minimum absolute atomic E-state index is 0.724. The van der Waals surface area contributed by atoms with Crippen molar-refractivity contribution in [3.05, 3.63) is 30.3 Å². The molecule has 0 fully saturated rings. The third kappa shape index (κ3) is 6.79. The van der Waals surface area contributed by atoms with Crippen molar-refractivity contribution in [2.75, 3.05) is 0 Å². The third-order valence-electron chi connectivity index (χ3n) is 2.54. The Hall–Kier alpha value is 0.300. The number of hydrogen-bond acceptors (Lipinski definition) is 1. The van der Waals surface area contributed by atoms with Crippen LogP contribution >= 0.6 is 34.4 Å². The fourth-order valence-corrected chi connectivity index (χ4v) is 3.83. The molecule has 0 heterocycles. The van der Waals surface area contributed by atoms with Crippen LogP contribution < -0.4 is 0 Å². The average molecular weight is 348 g/mol. The van der Waals surface area contributed by atoms with Gasteiger partial charge in [-0.2, -0.15) is 0 Å². The van der Waals surface area contributed by atoms with Crippen LogP contribution in [0.25, 0.3) is 0 Å². The first kappa shape index (κ1) is 14.4. The molecule has 2 heteroatoms. The van der Waals surface area contributed by atoms with Crippen molar-refractivity contribution in [3.8, 4) is 0 Å². The fraction of sp³-hybridized carbons (Fsp3) is 0.571. The molecule has 0 aliphatic carbocycles. The van der Waals surface area contributed by atoms with Crippen LogP contribution in [-0.4, -0.2) is 3.26 Å². The van der Waals surface area contributed by atoms with Crippen LogP contribution in [0.4, 0.5) is 0 Å². The molecule has 16 heavy (non-hydrogen) atoms. The SMILES string of the molecule is CCCCCCCC(I)Sc1ccccc1. The highest BCUT2D eigenvalue weighted by molar-refractivity contribution is 14.1. The first-order chi connectivity index (χ1) is 7.83. The van der Waals surface area contributed by atoms with E-state index in [9.17, 15) is 0 Å². The molecule has 1 aromatic carbocycles. The quantitative estimate of drug-likeness (QED) is 0.244. The summed E-state index contributed by atoms with van der Waals surface area (Å²) in [6.07, 6.45) is 8.28. The first-order valence-electron chi connectivity index (χ1n) is 6.18. The molecule has 0 nitrogen and oxygen atoms in total. The van der Waals surface area contributed by atoms with Crippen LogP contribution in [0.1, 0.15) is 45.4 Å². The Balaban J connectivity index is 2.09. The molecule has 0 aliphatic rings. The maximum Gasteiger partial charge on any atom is 0.0611 e. The van der Waals surface area contributed by atoms with E-state index in [2.05, 4.69) is 59.8 Å². The Morgan fingerprint density at radius 3 is 2.44 bits per heavy atom. The van der Waals surface area contributed by atoms with Gasteiger partial charge in [0.25, 0.3) is 0 Å². The summed E-state index contributed by atoms with van der Waals surface area (Å²) >= 11 is 4.56. The van der Waals surface area contributed by atoms with E-state index < -0.39 is 0 Å². The van der Waals surface area contributed by atoms with E-state index in [0.29, 0.717) is 0 Å². The molecule has 0 N–H and O–H groups in total. The lowest BCUT2D eigenvalue weighted by atomic mass is 10.1. The molecule has 1 rings (SSSR count). The van der Waals surface area contributed by atoms with Crippen LogP contribution in [-0.2, 0) is 0 Å². The number of alkyl halides is 1. The minimum Gasteiger partial charge on any atom is -0.112 e. The van der Waals surface area contributed by atoms with Crippen LogP contribution in [0.2, 0.25) is 0 Å². The summed E-state index contributed by atoms with van der Waals surface area (Å²) in [4.78, 5) is 1.40. The smallest absolute Gasteiger partial charge is 0.0611 e. The van der Waals surface area contributed by atoms with Crippen molar-refractivity contribution in [3.63, 3.8) is 0 Å². The number of unbranched alkanes of at least 4 members (excludes halogenated alkanes) is 4. The topological polar surface area (TPSA) is 0 Å². The van der Waals surface area contributed by atoms with E-state index in [-0.39, 0.29) is 0 Å². The van der Waals surface area contributed by atoms with Gasteiger partial charge in [-0.1, -0.05) is 79.8 Å². The van der Waals surface area contributed by atoms with Crippen molar-refractivity contribution < 1.29 is 0 Å². The van der Waals surface area contributed by atoms with Crippen LogP contribution in [0, 0.1) is 0 Å². The summed E-state index contributed by atoms with van der Waals surface area (Å²) in [5.74, 6) is 0. The largest absolute Gasteiger partial charge is 0.112 e. The molecule has 90 valence electrons. The second-order valence-electron chi connectivity index (χ2n) is 4.04. The Morgan fingerprint density at radius 1 is 1.06 bits per heavy atom. The monoisotopic (exact) mass is 348 g/mol. The Morgan fingerprint density at radius 2 is 1.75 bits per heavy atom. The molecule has 0 aromatic heterocycles. The van der Waals surface area contributed by atoms with Crippen molar-refractivity contribution in [1.29, 1.82) is 0 Å². The van der Waals surface area contributed by atoms with Gasteiger partial charge in [-0.15, -0.1) is 11.8 Å². The lowest BCUT2D eigenvalue weighted by molar-refractivity contribution is 0.624. The zero-order valence-corrected chi connectivity index (χ0v) is 13.0. The fourth-order valence-electron chi connectivity index (χ4n) is 1.61. The number of hydrogen-bond donors (Lipinski definition) is 0. The van der Waals surface area contributed by atoms with Crippen LogP contribution in [0.5, 0.6) is 0 Å². The maximum atomic E-state index is 2.57. The Kier molecular flexibility index (Phi) is 8.39. The molecular weight excluding hydrogens is 327 g/mol. The van der Waals surface area contributed by atoms with Gasteiger partial charge in [-0.05, 0) is 18.6 Å². The van der Waals surface area contributed by atoms with Crippen molar-refractivity contribution >= 4 is 34.4 Å². The molecule has 0 aliphatic heterocycles. The third-order valence-corrected chi connectivity index (χ3v) is 4.96. The van der Waals surface area contributed by atoms with Gasteiger partial charge in [0.05, 0.1) is 3.26 Å². The summed E-state index contributed by atoms with van der Waals surface area (Å²) in [5.41, 5.74) is 0. The Labute approximate surface area is 118 Å². The summed E-state index contributed by atoms with van der Waals surface area (Å²) in [6, 6.07) is 10.7. The maximum absolute atomic E-state index is 2.57. The standard InChI is InChI=1S/C14H21IS/c1-2-3-4-5-9-12-14(15)16-13-10-7-6-8-11-13/h6-8,10-11,14H,2-5,9,12H2,1H3. The summed E-state index contributed by atoms with van der Waals surface area (Å²) in [7, 11) is 0. The van der Waals surface area contributed by atoms with E-state index in [0.717, 1.165) is 3.26 Å². The van der Waals surface area contributed by atoms with Gasteiger partial charge >= 0.3 is 0 Å². The number of benzene rings is 1. The van der Waals surface area contributed by atoms with Gasteiger partial charge in [0.1, 0.15) is 0 Å². The van der Waals surface area contributed by atoms with Crippen LogP contribution in [0.15, 0.2) is 35.2 Å². The lowest BCUT2D eigenvalue weighted by Crippen LogP contribution is -1.91. The molecule has 0 amide bonds. The van der Waals surface area contributed by atoms with Gasteiger partial charge in [-0.3, -0.25) is 0 Å². The number of rotatable bonds is 8. The Bertz CT molecular complexity index is 261. The van der Waals surface area contributed by atoms with Gasteiger partial charge in [0.2, 0.25) is 0 Å². The van der Waals surface area contributed by atoms with Gasteiger partial charge < -0.3 is 0 Å². The zero-order valence-electron chi connectivity index (χ0n) is 9.99. The highest BCUT2D eigenvalue weighted by Crippen LogP contribution is 2.30. The predicted octanol–water partition coefficient (Wildman–Crippen LogP) is 5.90. The van der Waals surface area contributed by atoms with Gasteiger partial charge in [-0.25, -0.2) is 0 Å². The molecule has 1 unspecified atom stereocenters. The molecular formula is C14H21IS. The van der Waals surface area contributed by atoms with E-state index in [4.69, 9.17) is 0 Å². The second kappa shape index (κ2) is 9.34. The van der Waals surface area contributed by atoms with Gasteiger partial charge in [0.15, 0.2) is 0 Å². The normalized spacial score (nSPS) is 12.6. The zero-order chi connectivity index (χ0) is 11.6. The summed E-state index contributed by atoms with van der Waals surface area (Å²) in [6.45, 7) is 2.27. The average Bonchev–Trinajstić information content (AvgIpc) is 2.30.